The van der Waals surface area contributed by atoms with Gasteiger partial charge in [-0.1, -0.05) is 31.9 Å². The van der Waals surface area contributed by atoms with Gasteiger partial charge in [0.25, 0.3) is 0 Å². The summed E-state index contributed by atoms with van der Waals surface area (Å²) in [7, 11) is 0. The number of carbonyl (C=O) groups is 2. The van der Waals surface area contributed by atoms with Crippen molar-refractivity contribution in [2.45, 2.75) is 44.9 Å². The Balaban J connectivity index is 3.40. The minimum absolute atomic E-state index is 0.281. The van der Waals surface area contributed by atoms with Gasteiger partial charge in [-0.2, -0.15) is 0 Å². The molecule has 0 aliphatic carbocycles. The summed E-state index contributed by atoms with van der Waals surface area (Å²) >= 11 is 6.66. The maximum absolute atomic E-state index is 11.3. The van der Waals surface area contributed by atoms with Crippen molar-refractivity contribution >= 4 is 43.8 Å². The number of carbonyl (C=O) groups excluding carboxylic acids is 2. The smallest absolute Gasteiger partial charge is 0.317 e. The zero-order chi connectivity index (χ0) is 14.3. The van der Waals surface area contributed by atoms with Crippen LogP contribution in [0.5, 0.6) is 0 Å². The molecule has 112 valence electrons. The van der Waals surface area contributed by atoms with E-state index in [2.05, 4.69) is 31.9 Å². The number of halogens is 2. The Morgan fingerprint density at radius 2 is 1.11 bits per heavy atom. The van der Waals surface area contributed by atoms with Gasteiger partial charge in [-0.3, -0.25) is 9.59 Å². The second-order valence-electron chi connectivity index (χ2n) is 4.12. The monoisotopic (exact) mass is 400 g/mol. The molecule has 0 unspecified atom stereocenters. The number of ether oxygens (including phenoxy) is 2. The summed E-state index contributed by atoms with van der Waals surface area (Å²) in [5, 5.41) is 1.92. The molecule has 0 heterocycles. The Morgan fingerprint density at radius 1 is 0.684 bits per heavy atom. The van der Waals surface area contributed by atoms with Crippen molar-refractivity contribution in [3.05, 3.63) is 0 Å². The van der Waals surface area contributed by atoms with Gasteiger partial charge >= 0.3 is 11.9 Å². The highest BCUT2D eigenvalue weighted by molar-refractivity contribution is 9.09. The first kappa shape index (κ1) is 18.9. The Hall–Kier alpha value is -0.100. The molecule has 6 heteroatoms. The molecule has 0 aliphatic heterocycles. The standard InChI is InChI=1S/C13H22Br2O4/c14-7-3-1-5-9-18-12(16)11-13(17)19-10-6-2-4-8-15/h1-11H2. The molecule has 0 rings (SSSR count). The zero-order valence-electron chi connectivity index (χ0n) is 11.2. The summed E-state index contributed by atoms with van der Waals surface area (Å²) in [5.74, 6) is -0.992. The summed E-state index contributed by atoms with van der Waals surface area (Å²) in [5.41, 5.74) is 0. The minimum atomic E-state index is -0.496. The number of hydrogen-bond donors (Lipinski definition) is 0. The summed E-state index contributed by atoms with van der Waals surface area (Å²) in [4.78, 5) is 22.6. The topological polar surface area (TPSA) is 52.6 Å². The molecule has 0 N–H and O–H groups in total. The third-order valence-electron chi connectivity index (χ3n) is 2.37. The van der Waals surface area contributed by atoms with Gasteiger partial charge in [-0.15, -0.1) is 0 Å². The van der Waals surface area contributed by atoms with Crippen LogP contribution >= 0.6 is 31.9 Å². The molecule has 0 aromatic heterocycles. The van der Waals surface area contributed by atoms with Gasteiger partial charge in [0, 0.05) is 10.7 Å². The van der Waals surface area contributed by atoms with Crippen LogP contribution in [-0.4, -0.2) is 35.8 Å². The summed E-state index contributed by atoms with van der Waals surface area (Å²) in [6.45, 7) is 0.759. The second kappa shape index (κ2) is 14.3. The normalized spacial score (nSPS) is 10.2. The first-order chi connectivity index (χ1) is 9.20. The molecule has 0 aromatic rings. The van der Waals surface area contributed by atoms with E-state index >= 15 is 0 Å². The van der Waals surface area contributed by atoms with Gasteiger partial charge in [0.1, 0.15) is 6.42 Å². The zero-order valence-corrected chi connectivity index (χ0v) is 14.3. The Labute approximate surface area is 131 Å². The van der Waals surface area contributed by atoms with Crippen molar-refractivity contribution in [2.24, 2.45) is 0 Å². The van der Waals surface area contributed by atoms with E-state index in [0.29, 0.717) is 13.2 Å². The van der Waals surface area contributed by atoms with E-state index in [9.17, 15) is 9.59 Å². The first-order valence-corrected chi connectivity index (χ1v) is 8.88. The first-order valence-electron chi connectivity index (χ1n) is 6.64. The fraction of sp³-hybridized carbons (Fsp3) is 0.846. The average molecular weight is 402 g/mol. The molecule has 0 fully saturated rings. The lowest BCUT2D eigenvalue weighted by Gasteiger charge is -2.05. The maximum Gasteiger partial charge on any atom is 0.317 e. The van der Waals surface area contributed by atoms with Crippen LogP contribution < -0.4 is 0 Å². The van der Waals surface area contributed by atoms with Gasteiger partial charge in [-0.05, 0) is 38.5 Å². The Bertz CT molecular complexity index is 223. The number of unbranched alkanes of at least 4 members (excludes halogenated alkanes) is 4. The number of hydrogen-bond acceptors (Lipinski definition) is 4. The minimum Gasteiger partial charge on any atom is -0.465 e. The molecule has 0 spiro atoms. The molecule has 0 saturated heterocycles. The van der Waals surface area contributed by atoms with Gasteiger partial charge in [0.2, 0.25) is 0 Å². The fourth-order valence-corrected chi connectivity index (χ4v) is 2.13. The molecular weight excluding hydrogens is 380 g/mol. The summed E-state index contributed by atoms with van der Waals surface area (Å²) < 4.78 is 9.89. The van der Waals surface area contributed by atoms with Crippen molar-refractivity contribution in [1.29, 1.82) is 0 Å². The Morgan fingerprint density at radius 3 is 1.47 bits per heavy atom. The van der Waals surface area contributed by atoms with E-state index in [1.165, 1.54) is 0 Å². The molecule has 4 nitrogen and oxygen atoms in total. The van der Waals surface area contributed by atoms with Crippen LogP contribution in [0.3, 0.4) is 0 Å². The lowest BCUT2D eigenvalue weighted by molar-refractivity contribution is -0.154. The van der Waals surface area contributed by atoms with Crippen LogP contribution in [0.1, 0.15) is 44.9 Å². The van der Waals surface area contributed by atoms with Crippen molar-refractivity contribution < 1.29 is 19.1 Å². The molecule has 19 heavy (non-hydrogen) atoms. The highest BCUT2D eigenvalue weighted by atomic mass is 79.9. The van der Waals surface area contributed by atoms with E-state index in [4.69, 9.17) is 9.47 Å². The van der Waals surface area contributed by atoms with E-state index in [-0.39, 0.29) is 6.42 Å². The van der Waals surface area contributed by atoms with Gasteiger partial charge in [-0.25, -0.2) is 0 Å². The molecule has 0 amide bonds. The quantitative estimate of drug-likeness (QED) is 0.217. The fourth-order valence-electron chi connectivity index (χ4n) is 1.34. The number of esters is 2. The SMILES string of the molecule is O=C(CC(=O)OCCCCCBr)OCCCCCBr. The van der Waals surface area contributed by atoms with E-state index in [0.717, 1.165) is 49.2 Å². The highest BCUT2D eigenvalue weighted by Crippen LogP contribution is 2.01. The van der Waals surface area contributed by atoms with Crippen LogP contribution in [0, 0.1) is 0 Å². The van der Waals surface area contributed by atoms with Crippen LogP contribution in [0.2, 0.25) is 0 Å². The van der Waals surface area contributed by atoms with Crippen molar-refractivity contribution in [1.82, 2.24) is 0 Å². The van der Waals surface area contributed by atoms with Crippen molar-refractivity contribution in [2.75, 3.05) is 23.9 Å². The van der Waals surface area contributed by atoms with Crippen LogP contribution in [0.15, 0.2) is 0 Å². The van der Waals surface area contributed by atoms with Crippen LogP contribution in [0.4, 0.5) is 0 Å². The number of alkyl halides is 2. The molecule has 0 aliphatic rings. The highest BCUT2D eigenvalue weighted by Gasteiger charge is 2.11. The summed E-state index contributed by atoms with van der Waals surface area (Å²) in [6, 6.07) is 0. The third kappa shape index (κ3) is 14.1. The molecule has 0 saturated carbocycles. The molecule has 0 atom stereocenters. The van der Waals surface area contributed by atoms with E-state index < -0.39 is 11.9 Å². The maximum atomic E-state index is 11.3. The molecule has 0 aromatic carbocycles. The predicted molar refractivity (Wildman–Crippen MR) is 81.8 cm³/mol. The number of rotatable bonds is 12. The third-order valence-corrected chi connectivity index (χ3v) is 3.49. The molecule has 0 bridgehead atoms. The van der Waals surface area contributed by atoms with E-state index in [1.807, 2.05) is 0 Å². The van der Waals surface area contributed by atoms with Crippen molar-refractivity contribution in [3.8, 4) is 0 Å². The van der Waals surface area contributed by atoms with Gasteiger partial charge < -0.3 is 9.47 Å². The lowest BCUT2D eigenvalue weighted by atomic mass is 10.3. The van der Waals surface area contributed by atoms with Crippen LogP contribution in [-0.2, 0) is 19.1 Å². The van der Waals surface area contributed by atoms with Crippen molar-refractivity contribution in [3.63, 3.8) is 0 Å². The average Bonchev–Trinajstić information content (AvgIpc) is 2.38. The Kier molecular flexibility index (Phi) is 14.2. The summed E-state index contributed by atoms with van der Waals surface area (Å²) in [6.07, 6.45) is 5.53. The molecular formula is C13H22Br2O4. The van der Waals surface area contributed by atoms with Crippen LogP contribution in [0.25, 0.3) is 0 Å². The predicted octanol–water partition coefficient (Wildman–Crippen LogP) is 3.59. The second-order valence-corrected chi connectivity index (χ2v) is 5.70. The molecule has 0 radical (unpaired) electrons. The van der Waals surface area contributed by atoms with Gasteiger partial charge in [0.15, 0.2) is 0 Å². The largest absolute Gasteiger partial charge is 0.465 e. The van der Waals surface area contributed by atoms with E-state index in [1.54, 1.807) is 0 Å². The van der Waals surface area contributed by atoms with Gasteiger partial charge in [0.05, 0.1) is 13.2 Å². The lowest BCUT2D eigenvalue weighted by Crippen LogP contribution is -2.15.